The molecule has 0 atom stereocenters. The molecule has 2 aromatic carbocycles. The summed E-state index contributed by atoms with van der Waals surface area (Å²) in [5.41, 5.74) is 2.14. The number of benzene rings is 2. The van der Waals surface area contributed by atoms with Crippen molar-refractivity contribution < 1.29 is 9.13 Å². The molecule has 0 aliphatic carbocycles. The Morgan fingerprint density at radius 1 is 1.23 bits per heavy atom. The molecule has 6 heteroatoms. The van der Waals surface area contributed by atoms with Crippen LogP contribution in [0, 0.1) is 17.5 Å². The summed E-state index contributed by atoms with van der Waals surface area (Å²) >= 11 is 5.32. The molecule has 0 spiro atoms. The largest absolute Gasteiger partial charge is 0.495 e. The van der Waals surface area contributed by atoms with E-state index >= 15 is 0 Å². The van der Waals surface area contributed by atoms with Gasteiger partial charge >= 0.3 is 0 Å². The molecule has 0 fully saturated rings. The van der Waals surface area contributed by atoms with Crippen LogP contribution in [0.25, 0.3) is 17.1 Å². The molecule has 0 amide bonds. The second-order valence-corrected chi connectivity index (χ2v) is 5.23. The van der Waals surface area contributed by atoms with E-state index in [1.54, 1.807) is 29.9 Å². The minimum Gasteiger partial charge on any atom is -0.495 e. The minimum absolute atomic E-state index is 0.357. The lowest BCUT2D eigenvalue weighted by molar-refractivity contribution is 0.412. The maximum absolute atomic E-state index is 14.1. The highest BCUT2D eigenvalue weighted by Gasteiger charge is 2.17. The molecular formula is C16H14FN3OS. The molecule has 4 nitrogen and oxygen atoms in total. The Morgan fingerprint density at radius 3 is 2.73 bits per heavy atom. The highest BCUT2D eigenvalue weighted by Crippen LogP contribution is 2.29. The quantitative estimate of drug-likeness (QED) is 0.741. The van der Waals surface area contributed by atoms with Crippen molar-refractivity contribution in [3.63, 3.8) is 0 Å². The van der Waals surface area contributed by atoms with Crippen LogP contribution in [-0.2, 0) is 0 Å². The Balaban J connectivity index is 2.30. The van der Waals surface area contributed by atoms with E-state index in [1.807, 2.05) is 25.1 Å². The van der Waals surface area contributed by atoms with Gasteiger partial charge in [0.2, 0.25) is 0 Å². The van der Waals surface area contributed by atoms with E-state index in [4.69, 9.17) is 17.0 Å². The van der Waals surface area contributed by atoms with Crippen molar-refractivity contribution >= 4 is 12.2 Å². The number of nitrogens with zero attached hydrogens (tertiary/aromatic N) is 2. The van der Waals surface area contributed by atoms with Crippen LogP contribution < -0.4 is 4.74 Å². The summed E-state index contributed by atoms with van der Waals surface area (Å²) in [4.78, 5) is 0. The zero-order valence-corrected chi connectivity index (χ0v) is 12.9. The monoisotopic (exact) mass is 315 g/mol. The van der Waals surface area contributed by atoms with Gasteiger partial charge in [0, 0.05) is 0 Å². The third kappa shape index (κ3) is 2.42. The third-order valence-corrected chi connectivity index (χ3v) is 3.64. The molecule has 1 aromatic heterocycles. The van der Waals surface area contributed by atoms with Gasteiger partial charge in [-0.2, -0.15) is 5.10 Å². The van der Waals surface area contributed by atoms with Crippen LogP contribution in [0.15, 0.2) is 42.5 Å². The van der Waals surface area contributed by atoms with E-state index in [-0.39, 0.29) is 5.82 Å². The van der Waals surface area contributed by atoms with Gasteiger partial charge in [-0.1, -0.05) is 18.2 Å². The number of H-pyrrole nitrogens is 1. The zero-order chi connectivity index (χ0) is 15.7. The van der Waals surface area contributed by atoms with Crippen LogP contribution in [0.1, 0.15) is 5.56 Å². The van der Waals surface area contributed by atoms with Gasteiger partial charge in [0.1, 0.15) is 11.6 Å². The van der Waals surface area contributed by atoms with E-state index in [2.05, 4.69) is 10.2 Å². The molecule has 3 aromatic rings. The van der Waals surface area contributed by atoms with Crippen molar-refractivity contribution in [2.45, 2.75) is 6.92 Å². The molecule has 22 heavy (non-hydrogen) atoms. The first-order valence-electron chi connectivity index (χ1n) is 6.69. The normalized spacial score (nSPS) is 10.7. The lowest BCUT2D eigenvalue weighted by atomic mass is 10.1. The molecule has 1 N–H and O–H groups in total. The van der Waals surface area contributed by atoms with E-state index in [0.29, 0.717) is 21.9 Å². The number of ether oxygens (including phenoxy) is 1. The zero-order valence-electron chi connectivity index (χ0n) is 12.1. The number of hydrogen-bond donors (Lipinski definition) is 1. The van der Waals surface area contributed by atoms with Crippen LogP contribution in [0.3, 0.4) is 0 Å². The maximum Gasteiger partial charge on any atom is 0.200 e. The summed E-state index contributed by atoms with van der Waals surface area (Å²) in [6.07, 6.45) is 0. The van der Waals surface area contributed by atoms with Crippen molar-refractivity contribution in [1.29, 1.82) is 0 Å². The summed E-state index contributed by atoms with van der Waals surface area (Å²) in [5.74, 6) is 0.692. The summed E-state index contributed by atoms with van der Waals surface area (Å²) < 4.78 is 21.6. The van der Waals surface area contributed by atoms with Crippen LogP contribution >= 0.6 is 12.2 Å². The fraction of sp³-hybridized carbons (Fsp3) is 0.125. The Labute approximate surface area is 132 Å². The molecule has 3 rings (SSSR count). The summed E-state index contributed by atoms with van der Waals surface area (Å²) in [6.45, 7) is 1.97. The van der Waals surface area contributed by atoms with Crippen LogP contribution in [0.2, 0.25) is 0 Å². The molecule has 1 heterocycles. The van der Waals surface area contributed by atoms with Crippen molar-refractivity contribution in [3.8, 4) is 22.8 Å². The SMILES string of the molecule is COc1ccc(C)cc1-n1c(-c2ccccc2F)n[nH]c1=S. The number of methoxy groups -OCH3 is 1. The lowest BCUT2D eigenvalue weighted by Crippen LogP contribution is -2.02. The van der Waals surface area contributed by atoms with Gasteiger partial charge in [-0.25, -0.2) is 4.39 Å². The van der Waals surface area contributed by atoms with Gasteiger partial charge in [0.05, 0.1) is 18.4 Å². The van der Waals surface area contributed by atoms with Crippen molar-refractivity contribution in [1.82, 2.24) is 14.8 Å². The second-order valence-electron chi connectivity index (χ2n) is 4.84. The molecule has 0 aliphatic rings. The minimum atomic E-state index is -0.357. The third-order valence-electron chi connectivity index (χ3n) is 3.36. The standard InChI is InChI=1S/C16H14FN3OS/c1-10-7-8-14(21-2)13(9-10)20-15(18-19-16(20)22)11-5-3-4-6-12(11)17/h3-9H,1-2H3,(H,19,22). The number of aryl methyl sites for hydroxylation is 1. The molecule has 0 saturated heterocycles. The Hall–Kier alpha value is -2.47. The fourth-order valence-corrected chi connectivity index (χ4v) is 2.55. The topological polar surface area (TPSA) is 42.8 Å². The number of nitrogens with one attached hydrogen (secondary N) is 1. The van der Waals surface area contributed by atoms with Crippen LogP contribution in [0.5, 0.6) is 5.75 Å². The molecule has 0 saturated carbocycles. The molecule has 0 radical (unpaired) electrons. The highest BCUT2D eigenvalue weighted by molar-refractivity contribution is 7.71. The average molecular weight is 315 g/mol. The van der Waals surface area contributed by atoms with E-state index in [1.165, 1.54) is 6.07 Å². The molecular weight excluding hydrogens is 301 g/mol. The molecule has 112 valence electrons. The molecule has 0 aliphatic heterocycles. The van der Waals surface area contributed by atoms with Gasteiger partial charge in [-0.05, 0) is 49.0 Å². The number of aromatic nitrogens is 3. The predicted molar refractivity (Wildman–Crippen MR) is 85.4 cm³/mol. The summed E-state index contributed by atoms with van der Waals surface area (Å²) in [5, 5.41) is 6.90. The van der Waals surface area contributed by atoms with Gasteiger partial charge in [0.25, 0.3) is 0 Å². The number of hydrogen-bond acceptors (Lipinski definition) is 3. The lowest BCUT2D eigenvalue weighted by Gasteiger charge is -2.12. The summed E-state index contributed by atoms with van der Waals surface area (Å²) in [7, 11) is 1.58. The Kier molecular flexibility index (Phi) is 3.77. The maximum atomic E-state index is 14.1. The van der Waals surface area contributed by atoms with Crippen molar-refractivity contribution in [3.05, 3.63) is 58.6 Å². The predicted octanol–water partition coefficient (Wildman–Crippen LogP) is 4.05. The number of halogens is 1. The first-order chi connectivity index (χ1) is 10.6. The smallest absolute Gasteiger partial charge is 0.200 e. The average Bonchev–Trinajstić information content (AvgIpc) is 2.89. The highest BCUT2D eigenvalue weighted by atomic mass is 32.1. The molecule has 0 bridgehead atoms. The van der Waals surface area contributed by atoms with E-state index in [0.717, 1.165) is 11.3 Å². The Bertz CT molecular complexity index is 885. The van der Waals surface area contributed by atoms with Crippen LogP contribution in [-0.4, -0.2) is 21.9 Å². The first kappa shape index (κ1) is 14.5. The van der Waals surface area contributed by atoms with Crippen LogP contribution in [0.4, 0.5) is 4.39 Å². The second kappa shape index (κ2) is 5.73. The van der Waals surface area contributed by atoms with Gasteiger partial charge in [-0.15, -0.1) is 0 Å². The Morgan fingerprint density at radius 2 is 2.00 bits per heavy atom. The molecule has 0 unspecified atom stereocenters. The van der Waals surface area contributed by atoms with Gasteiger partial charge < -0.3 is 4.74 Å². The van der Waals surface area contributed by atoms with Gasteiger partial charge in [-0.3, -0.25) is 9.67 Å². The fourth-order valence-electron chi connectivity index (χ4n) is 2.32. The number of aromatic amines is 1. The first-order valence-corrected chi connectivity index (χ1v) is 7.10. The van der Waals surface area contributed by atoms with E-state index in [9.17, 15) is 4.39 Å². The van der Waals surface area contributed by atoms with Gasteiger partial charge in [0.15, 0.2) is 10.6 Å². The summed E-state index contributed by atoms with van der Waals surface area (Å²) in [6, 6.07) is 12.2. The van der Waals surface area contributed by atoms with Crippen molar-refractivity contribution in [2.75, 3.05) is 7.11 Å². The van der Waals surface area contributed by atoms with E-state index < -0.39 is 0 Å². The van der Waals surface area contributed by atoms with Crippen molar-refractivity contribution in [2.24, 2.45) is 0 Å². The number of rotatable bonds is 3.